The summed E-state index contributed by atoms with van der Waals surface area (Å²) in [6.07, 6.45) is 0.881. The van der Waals surface area contributed by atoms with Gasteiger partial charge in [0, 0.05) is 16.5 Å². The maximum Gasteiger partial charge on any atom is 0.339 e. The van der Waals surface area contributed by atoms with E-state index in [-0.39, 0.29) is 23.4 Å². The smallest absolute Gasteiger partial charge is 0.339 e. The van der Waals surface area contributed by atoms with Crippen LogP contribution < -0.4 is 10.6 Å². The molecule has 0 saturated heterocycles. The molecule has 0 radical (unpaired) electrons. The molecule has 1 heterocycles. The molecule has 2 aromatic rings. The molecule has 1 aliphatic heterocycles. The van der Waals surface area contributed by atoms with Crippen molar-refractivity contribution < 1.29 is 19.1 Å². The molecule has 2 N–H and O–H groups in total. The lowest BCUT2D eigenvalue weighted by molar-refractivity contribution is -0.130. The second kappa shape index (κ2) is 7.44. The number of hydrogen-bond acceptors (Lipinski definition) is 5. The first-order valence-corrected chi connectivity index (χ1v) is 9.72. The second-order valence-corrected chi connectivity index (χ2v) is 7.54. The number of anilines is 1. The second-order valence-electron chi connectivity index (χ2n) is 6.53. The van der Waals surface area contributed by atoms with Crippen LogP contribution in [-0.2, 0) is 14.3 Å². The van der Waals surface area contributed by atoms with Crippen LogP contribution in [0.5, 0.6) is 0 Å². The number of benzene rings is 2. The van der Waals surface area contributed by atoms with Gasteiger partial charge in [0.25, 0.3) is 5.91 Å². The van der Waals surface area contributed by atoms with Gasteiger partial charge < -0.3 is 15.4 Å². The van der Waals surface area contributed by atoms with Crippen LogP contribution in [0.1, 0.15) is 34.9 Å². The largest absolute Gasteiger partial charge is 0.444 e. The van der Waals surface area contributed by atoms with Gasteiger partial charge in [0.15, 0.2) is 0 Å². The van der Waals surface area contributed by atoms with Gasteiger partial charge in [0.05, 0.1) is 17.0 Å². The normalized spacial score (nSPS) is 16.7. The average molecular weight is 382 g/mol. The van der Waals surface area contributed by atoms with Crippen LogP contribution in [0.4, 0.5) is 5.69 Å². The van der Waals surface area contributed by atoms with E-state index >= 15 is 0 Å². The van der Waals surface area contributed by atoms with Gasteiger partial charge in [0.2, 0.25) is 12.0 Å². The molecule has 2 aromatic carbocycles. The minimum Gasteiger partial charge on any atom is -0.444 e. The lowest BCUT2D eigenvalue weighted by Gasteiger charge is -2.19. The molecule has 1 aliphatic carbocycles. The van der Waals surface area contributed by atoms with Crippen molar-refractivity contribution in [2.75, 3.05) is 11.1 Å². The molecule has 2 aliphatic rings. The predicted molar refractivity (Wildman–Crippen MR) is 102 cm³/mol. The van der Waals surface area contributed by atoms with Gasteiger partial charge in [-0.25, -0.2) is 4.79 Å². The Bertz CT molecular complexity index is 896. The summed E-state index contributed by atoms with van der Waals surface area (Å²) in [6, 6.07) is 14.1. The molecule has 1 unspecified atom stereocenters. The van der Waals surface area contributed by atoms with Crippen molar-refractivity contribution in [1.82, 2.24) is 5.32 Å². The molecule has 1 saturated carbocycles. The minimum atomic E-state index is -1.01. The van der Waals surface area contributed by atoms with Crippen molar-refractivity contribution in [3.8, 4) is 0 Å². The quantitative estimate of drug-likeness (QED) is 0.777. The number of fused-ring (bicyclic) bond motifs is 1. The van der Waals surface area contributed by atoms with Gasteiger partial charge in [-0.3, -0.25) is 9.59 Å². The van der Waals surface area contributed by atoms with Crippen LogP contribution in [0.25, 0.3) is 0 Å². The Morgan fingerprint density at radius 1 is 1.15 bits per heavy atom. The van der Waals surface area contributed by atoms with Gasteiger partial charge >= 0.3 is 5.97 Å². The van der Waals surface area contributed by atoms with Crippen LogP contribution in [0, 0.1) is 0 Å². The maximum absolute atomic E-state index is 12.7. The first kappa shape index (κ1) is 17.6. The lowest BCUT2D eigenvalue weighted by atomic mass is 10.1. The van der Waals surface area contributed by atoms with Crippen LogP contribution in [0.15, 0.2) is 53.4 Å². The van der Waals surface area contributed by atoms with E-state index in [1.165, 1.54) is 11.8 Å². The number of amides is 2. The number of rotatable bonds is 5. The Kier molecular flexibility index (Phi) is 4.85. The van der Waals surface area contributed by atoms with E-state index in [9.17, 15) is 14.4 Å². The van der Waals surface area contributed by atoms with Crippen LogP contribution in [0.3, 0.4) is 0 Å². The topological polar surface area (TPSA) is 84.5 Å². The first-order chi connectivity index (χ1) is 13.1. The van der Waals surface area contributed by atoms with Crippen molar-refractivity contribution in [1.29, 1.82) is 0 Å². The van der Waals surface area contributed by atoms with Crippen molar-refractivity contribution >= 4 is 35.2 Å². The fraction of sp³-hybridized carbons (Fsp3) is 0.250. The molecule has 2 amide bonds. The summed E-state index contributed by atoms with van der Waals surface area (Å²) in [5, 5.41) is 5.64. The molecule has 0 aromatic heterocycles. The average Bonchev–Trinajstić information content (AvgIpc) is 3.49. The number of hydrogen-bond donors (Lipinski definition) is 2. The molecular formula is C20H18N2O4S. The molecule has 138 valence electrons. The third kappa shape index (κ3) is 4.14. The Balaban J connectivity index is 1.55. The number of thioether (sulfide) groups is 1. The van der Waals surface area contributed by atoms with Gasteiger partial charge in [-0.05, 0) is 31.0 Å². The van der Waals surface area contributed by atoms with Crippen LogP contribution in [-0.4, -0.2) is 29.6 Å². The fourth-order valence-electron chi connectivity index (χ4n) is 2.79. The maximum atomic E-state index is 12.7. The summed E-state index contributed by atoms with van der Waals surface area (Å²) in [5.74, 6) is -0.681. The third-order valence-corrected chi connectivity index (χ3v) is 5.41. The standard InChI is InChI=1S/C20H18N2O4S/c23-17-11-27-16-9-6-13(10-15(16)22-17)20(25)26-18(12-4-2-1-3-5-12)19(24)21-14-7-8-14/h1-6,9-10,14,18H,7-8,11H2,(H,21,24)(H,22,23). The lowest BCUT2D eigenvalue weighted by Crippen LogP contribution is -2.33. The molecule has 0 bridgehead atoms. The highest BCUT2D eigenvalue weighted by Crippen LogP contribution is 2.32. The van der Waals surface area contributed by atoms with Crippen molar-refractivity contribution in [2.24, 2.45) is 0 Å². The number of carbonyl (C=O) groups is 3. The Labute approximate surface area is 160 Å². The summed E-state index contributed by atoms with van der Waals surface area (Å²) in [7, 11) is 0. The van der Waals surface area contributed by atoms with E-state index in [2.05, 4.69) is 10.6 Å². The van der Waals surface area contributed by atoms with Crippen LogP contribution in [0.2, 0.25) is 0 Å². The highest BCUT2D eigenvalue weighted by molar-refractivity contribution is 8.00. The Morgan fingerprint density at radius 3 is 2.67 bits per heavy atom. The summed E-state index contributed by atoms with van der Waals surface area (Å²) < 4.78 is 5.56. The highest BCUT2D eigenvalue weighted by atomic mass is 32.2. The summed E-state index contributed by atoms with van der Waals surface area (Å²) in [6.45, 7) is 0. The Hall–Kier alpha value is -2.80. The fourth-order valence-corrected chi connectivity index (χ4v) is 3.58. The number of esters is 1. The highest BCUT2D eigenvalue weighted by Gasteiger charge is 2.31. The Morgan fingerprint density at radius 2 is 1.93 bits per heavy atom. The first-order valence-electron chi connectivity index (χ1n) is 8.73. The van der Waals surface area contributed by atoms with Crippen LogP contribution >= 0.6 is 11.8 Å². The molecule has 27 heavy (non-hydrogen) atoms. The zero-order valence-electron chi connectivity index (χ0n) is 14.4. The molecule has 0 spiro atoms. The van der Waals surface area contributed by atoms with E-state index in [0.29, 0.717) is 17.0 Å². The van der Waals surface area contributed by atoms with Gasteiger partial charge in [0.1, 0.15) is 0 Å². The molecule has 1 atom stereocenters. The third-order valence-electron chi connectivity index (χ3n) is 4.34. The monoisotopic (exact) mass is 382 g/mol. The SMILES string of the molecule is O=C1CSc2ccc(C(=O)OC(C(=O)NC3CC3)c3ccccc3)cc2N1. The molecule has 4 rings (SSSR count). The number of nitrogens with one attached hydrogen (secondary N) is 2. The van der Waals surface area contributed by atoms with Crippen molar-refractivity contribution in [2.45, 2.75) is 29.9 Å². The van der Waals surface area contributed by atoms with E-state index in [1.807, 2.05) is 6.07 Å². The predicted octanol–water partition coefficient (Wildman–Crippen LogP) is 2.91. The van der Waals surface area contributed by atoms with Gasteiger partial charge in [-0.1, -0.05) is 30.3 Å². The summed E-state index contributed by atoms with van der Waals surface area (Å²) in [5.41, 5.74) is 1.49. The van der Waals surface area contributed by atoms with Crippen molar-refractivity contribution in [3.63, 3.8) is 0 Å². The summed E-state index contributed by atoms with van der Waals surface area (Å²) >= 11 is 1.42. The molecule has 7 heteroatoms. The van der Waals surface area contributed by atoms with Gasteiger partial charge in [-0.15, -0.1) is 11.8 Å². The zero-order valence-corrected chi connectivity index (χ0v) is 15.3. The van der Waals surface area contributed by atoms with E-state index < -0.39 is 12.1 Å². The molecular weight excluding hydrogens is 364 g/mol. The van der Waals surface area contributed by atoms with E-state index in [4.69, 9.17) is 4.74 Å². The zero-order chi connectivity index (χ0) is 18.8. The summed E-state index contributed by atoms with van der Waals surface area (Å²) in [4.78, 5) is 37.7. The van der Waals surface area contributed by atoms with Gasteiger partial charge in [-0.2, -0.15) is 0 Å². The molecule has 1 fully saturated rings. The van der Waals surface area contributed by atoms with E-state index in [0.717, 1.165) is 17.7 Å². The van der Waals surface area contributed by atoms with Crippen molar-refractivity contribution in [3.05, 3.63) is 59.7 Å². The number of carbonyl (C=O) groups excluding carboxylic acids is 3. The minimum absolute atomic E-state index is 0.107. The number of ether oxygens (including phenoxy) is 1. The van der Waals surface area contributed by atoms with E-state index in [1.54, 1.807) is 42.5 Å². The molecule has 6 nitrogen and oxygen atoms in total.